The molecule has 136 valence electrons. The van der Waals surface area contributed by atoms with Crippen LogP contribution in [0.15, 0.2) is 48.5 Å². The lowest BCUT2D eigenvalue weighted by atomic mass is 10.1. The summed E-state index contributed by atoms with van der Waals surface area (Å²) in [5, 5.41) is 0.420. The van der Waals surface area contributed by atoms with Crippen LogP contribution in [0.2, 0.25) is 10.0 Å². The molecule has 2 aromatic rings. The number of nitrogens with zero attached hydrogens (tertiary/aromatic N) is 2. The molecule has 1 unspecified atom stereocenters. The van der Waals surface area contributed by atoms with Crippen molar-refractivity contribution in [3.63, 3.8) is 0 Å². The third-order valence-electron chi connectivity index (χ3n) is 3.95. The molecule has 0 bridgehead atoms. The molecule has 8 heteroatoms. The molecule has 26 heavy (non-hydrogen) atoms. The van der Waals surface area contributed by atoms with Crippen LogP contribution in [0.4, 0.5) is 0 Å². The fourth-order valence-electron chi connectivity index (χ4n) is 2.60. The van der Waals surface area contributed by atoms with Crippen LogP contribution in [-0.4, -0.2) is 40.3 Å². The third-order valence-corrected chi connectivity index (χ3v) is 5.57. The molecule has 1 amide bonds. The van der Waals surface area contributed by atoms with E-state index in [4.69, 9.17) is 27.9 Å². The van der Waals surface area contributed by atoms with Crippen molar-refractivity contribution in [2.75, 3.05) is 13.8 Å². The number of hydrogen-bond acceptors (Lipinski definition) is 5. The smallest absolute Gasteiger partial charge is 0.342 e. The highest BCUT2D eigenvalue weighted by atomic mass is 35.5. The van der Waals surface area contributed by atoms with Gasteiger partial charge in [0, 0.05) is 19.2 Å². The zero-order valence-corrected chi connectivity index (χ0v) is 16.2. The molecule has 0 aromatic heterocycles. The third kappa shape index (κ3) is 4.15. The van der Waals surface area contributed by atoms with E-state index in [1.54, 1.807) is 18.2 Å². The molecule has 1 fully saturated rings. The van der Waals surface area contributed by atoms with Gasteiger partial charge in [-0.25, -0.2) is 13.4 Å². The Morgan fingerprint density at radius 3 is 2.42 bits per heavy atom. The maximum Gasteiger partial charge on any atom is 0.342 e. The van der Waals surface area contributed by atoms with Gasteiger partial charge in [-0.1, -0.05) is 59.6 Å². The maximum atomic E-state index is 12.6. The minimum absolute atomic E-state index is 0.0988. The molecular weight excluding hydrogens is 395 g/mol. The van der Waals surface area contributed by atoms with E-state index in [9.17, 15) is 9.59 Å². The van der Waals surface area contributed by atoms with Crippen molar-refractivity contribution < 1.29 is 14.3 Å². The summed E-state index contributed by atoms with van der Waals surface area (Å²) >= 11 is 13.2. The van der Waals surface area contributed by atoms with Crippen molar-refractivity contribution >= 4 is 47.2 Å². The molecule has 1 saturated heterocycles. The van der Waals surface area contributed by atoms with E-state index < -0.39 is 5.97 Å². The van der Waals surface area contributed by atoms with E-state index in [1.165, 1.54) is 16.4 Å². The van der Waals surface area contributed by atoms with Crippen molar-refractivity contribution in [2.45, 2.75) is 12.5 Å². The van der Waals surface area contributed by atoms with Gasteiger partial charge in [0.15, 0.2) is 6.73 Å². The summed E-state index contributed by atoms with van der Waals surface area (Å²) in [6.45, 7) is -0.181. The number of esters is 1. The van der Waals surface area contributed by atoms with Gasteiger partial charge in [0.1, 0.15) is 6.04 Å². The topological polar surface area (TPSA) is 49.9 Å². The molecule has 0 spiro atoms. The highest BCUT2D eigenvalue weighted by Crippen LogP contribution is 2.30. The van der Waals surface area contributed by atoms with Gasteiger partial charge in [0.25, 0.3) is 5.91 Å². The second kappa shape index (κ2) is 8.31. The normalized spacial score (nSPS) is 17.6. The van der Waals surface area contributed by atoms with E-state index in [0.29, 0.717) is 6.42 Å². The average molecular weight is 411 g/mol. The largest absolute Gasteiger partial charge is 0.440 e. The Morgan fingerprint density at radius 1 is 1.12 bits per heavy atom. The molecule has 1 aliphatic rings. The summed E-state index contributed by atoms with van der Waals surface area (Å²) < 4.78 is 8.51. The van der Waals surface area contributed by atoms with E-state index in [-0.39, 0.29) is 34.3 Å². The SMILES string of the molecule is CN1SN(COC(=O)c2c(Cl)cccc2Cl)C(=O)C1Cc1ccccc1. The van der Waals surface area contributed by atoms with Gasteiger partial charge in [-0.15, -0.1) is 0 Å². The standard InChI is InChI=1S/C18H16Cl2N2O3S/c1-21-15(10-12-6-3-2-4-7-12)17(23)22(26-21)11-25-18(24)16-13(19)8-5-9-14(16)20/h2-9,15H,10-11H2,1H3. The van der Waals surface area contributed by atoms with Crippen LogP contribution in [0.25, 0.3) is 0 Å². The number of rotatable bonds is 5. The van der Waals surface area contributed by atoms with Crippen LogP contribution in [0.1, 0.15) is 15.9 Å². The van der Waals surface area contributed by atoms with E-state index >= 15 is 0 Å². The van der Waals surface area contributed by atoms with Crippen molar-refractivity contribution in [3.05, 3.63) is 69.7 Å². The zero-order chi connectivity index (χ0) is 18.7. The lowest BCUT2D eigenvalue weighted by Gasteiger charge is -2.14. The van der Waals surface area contributed by atoms with Gasteiger partial charge in [0.2, 0.25) is 0 Å². The number of amides is 1. The quantitative estimate of drug-likeness (QED) is 0.549. The Balaban J connectivity index is 1.62. The monoisotopic (exact) mass is 410 g/mol. The van der Waals surface area contributed by atoms with Gasteiger partial charge >= 0.3 is 5.97 Å². The zero-order valence-electron chi connectivity index (χ0n) is 13.9. The van der Waals surface area contributed by atoms with Crippen molar-refractivity contribution in [1.82, 2.24) is 8.61 Å². The highest BCUT2D eigenvalue weighted by Gasteiger charge is 2.38. The van der Waals surface area contributed by atoms with Crippen molar-refractivity contribution in [3.8, 4) is 0 Å². The molecule has 0 radical (unpaired) electrons. The Bertz CT molecular complexity index is 799. The van der Waals surface area contributed by atoms with Crippen molar-refractivity contribution in [1.29, 1.82) is 0 Å². The highest BCUT2D eigenvalue weighted by molar-refractivity contribution is 7.95. The molecule has 0 N–H and O–H groups in total. The summed E-state index contributed by atoms with van der Waals surface area (Å²) in [6.07, 6.45) is 0.587. The number of carbonyl (C=O) groups is 2. The van der Waals surface area contributed by atoms with Crippen molar-refractivity contribution in [2.24, 2.45) is 0 Å². The first-order valence-corrected chi connectivity index (χ1v) is 9.33. The summed E-state index contributed by atoms with van der Waals surface area (Å²) in [5.74, 6) is -0.775. The second-order valence-electron chi connectivity index (χ2n) is 5.71. The lowest BCUT2D eigenvalue weighted by molar-refractivity contribution is -0.129. The minimum Gasteiger partial charge on any atom is -0.440 e. The first kappa shape index (κ1) is 19.0. The number of likely N-dealkylation sites (N-methyl/N-ethyl adjacent to an activating group) is 1. The fourth-order valence-corrected chi connectivity index (χ4v) is 4.04. The summed E-state index contributed by atoms with van der Waals surface area (Å²) in [6, 6.07) is 14.2. The molecule has 0 saturated carbocycles. The Kier molecular flexibility index (Phi) is 6.09. The van der Waals surface area contributed by atoms with Crippen LogP contribution in [0.3, 0.4) is 0 Å². The molecular formula is C18H16Cl2N2O3S. The van der Waals surface area contributed by atoms with Gasteiger partial charge in [-0.3, -0.25) is 4.79 Å². The van der Waals surface area contributed by atoms with Gasteiger partial charge in [-0.05, 0) is 24.1 Å². The molecule has 1 heterocycles. The molecule has 1 atom stereocenters. The Hall–Kier alpha value is -1.73. The molecule has 1 aliphatic heterocycles. The predicted octanol–water partition coefficient (Wildman–Crippen LogP) is 4.06. The van der Waals surface area contributed by atoms with Crippen LogP contribution >= 0.6 is 35.3 Å². The average Bonchev–Trinajstić information content (AvgIpc) is 2.88. The maximum absolute atomic E-state index is 12.6. The molecule has 5 nitrogen and oxygen atoms in total. The van der Waals surface area contributed by atoms with Crippen LogP contribution in [-0.2, 0) is 16.0 Å². The van der Waals surface area contributed by atoms with Gasteiger partial charge < -0.3 is 4.74 Å². The number of hydrogen-bond donors (Lipinski definition) is 0. The van der Waals surface area contributed by atoms with Gasteiger partial charge in [0.05, 0.1) is 15.6 Å². The van der Waals surface area contributed by atoms with E-state index in [2.05, 4.69) is 0 Å². The number of ether oxygens (including phenoxy) is 1. The summed E-state index contributed by atoms with van der Waals surface area (Å²) in [4.78, 5) is 24.9. The predicted molar refractivity (Wildman–Crippen MR) is 103 cm³/mol. The summed E-state index contributed by atoms with van der Waals surface area (Å²) in [7, 11) is 1.84. The molecule has 0 aliphatic carbocycles. The minimum atomic E-state index is -0.664. The molecule has 3 rings (SSSR count). The van der Waals surface area contributed by atoms with E-state index in [0.717, 1.165) is 5.56 Å². The first-order chi connectivity index (χ1) is 12.5. The fraction of sp³-hybridized carbons (Fsp3) is 0.222. The number of halogens is 2. The Morgan fingerprint density at radius 2 is 1.77 bits per heavy atom. The number of carbonyl (C=O) groups excluding carboxylic acids is 2. The number of benzene rings is 2. The van der Waals surface area contributed by atoms with Gasteiger partial charge in [-0.2, -0.15) is 0 Å². The van der Waals surface area contributed by atoms with Crippen LogP contribution in [0.5, 0.6) is 0 Å². The molecule has 2 aromatic carbocycles. The second-order valence-corrected chi connectivity index (χ2v) is 7.70. The van der Waals surface area contributed by atoms with Crippen LogP contribution < -0.4 is 0 Å². The lowest BCUT2D eigenvalue weighted by Crippen LogP contribution is -2.34. The van der Waals surface area contributed by atoms with E-state index in [1.807, 2.05) is 41.7 Å². The first-order valence-electron chi connectivity index (χ1n) is 7.84. The summed E-state index contributed by atoms with van der Waals surface area (Å²) in [5.41, 5.74) is 1.17. The Labute approximate surface area is 166 Å². The van der Waals surface area contributed by atoms with Crippen LogP contribution in [0, 0.1) is 0 Å².